The maximum atomic E-state index is 13.2. The van der Waals surface area contributed by atoms with Gasteiger partial charge in [0.2, 0.25) is 0 Å². The van der Waals surface area contributed by atoms with Gasteiger partial charge in [-0.15, -0.1) is 0 Å². The van der Waals surface area contributed by atoms with Crippen molar-refractivity contribution in [1.29, 1.82) is 0 Å². The highest BCUT2D eigenvalue weighted by molar-refractivity contribution is 8.45. The van der Waals surface area contributed by atoms with E-state index in [0.717, 1.165) is 61.7 Å². The molecule has 0 spiro atoms. The fraction of sp³-hybridized carbons (Fsp3) is 0.269. The van der Waals surface area contributed by atoms with Gasteiger partial charge in [0.05, 0.1) is 11.4 Å². The lowest BCUT2D eigenvalue weighted by Gasteiger charge is -2.40. The number of hydrogen-bond acceptors (Lipinski definition) is 3. The first-order valence-corrected chi connectivity index (χ1v) is 14.1. The van der Waals surface area contributed by atoms with Crippen LogP contribution in [0.2, 0.25) is 5.02 Å². The number of halogens is 6. The topological polar surface area (TPSA) is 23.8 Å². The number of rotatable bonds is 5. The van der Waals surface area contributed by atoms with Crippen molar-refractivity contribution >= 4 is 27.5 Å². The van der Waals surface area contributed by atoms with Gasteiger partial charge in [-0.2, -0.15) is 0 Å². The maximum absolute atomic E-state index is 13.2. The molecule has 0 radical (unpaired) electrons. The van der Waals surface area contributed by atoms with Crippen molar-refractivity contribution in [3.8, 4) is 22.4 Å². The Kier molecular flexibility index (Phi) is 6.10. The monoisotopic (exact) mass is 556 g/mol. The van der Waals surface area contributed by atoms with Crippen LogP contribution in [0, 0.1) is 0 Å². The number of imidazole rings is 1. The molecular weight excluding hydrogens is 531 g/mol. The third kappa shape index (κ3) is 5.77. The Labute approximate surface area is 217 Å². The smallest absolute Gasteiger partial charge is 0.305 e. The van der Waals surface area contributed by atoms with Gasteiger partial charge in [0.1, 0.15) is 10.5 Å². The minimum atomic E-state index is -9.73. The van der Waals surface area contributed by atoms with Gasteiger partial charge in [0.15, 0.2) is 0 Å². The zero-order valence-corrected chi connectivity index (χ0v) is 21.6. The van der Waals surface area contributed by atoms with Crippen molar-refractivity contribution in [3.63, 3.8) is 0 Å². The Hall–Kier alpha value is -2.66. The van der Waals surface area contributed by atoms with Crippen LogP contribution in [-0.2, 0) is 6.54 Å². The third-order valence-electron chi connectivity index (χ3n) is 6.65. The van der Waals surface area contributed by atoms with Crippen molar-refractivity contribution in [2.45, 2.75) is 17.9 Å². The Morgan fingerprint density at radius 3 is 2.11 bits per heavy atom. The Morgan fingerprint density at radius 2 is 1.43 bits per heavy atom. The van der Waals surface area contributed by atoms with Gasteiger partial charge in [-0.3, -0.25) is 4.90 Å². The molecule has 1 aliphatic rings. The molecule has 2 aromatic heterocycles. The van der Waals surface area contributed by atoms with Gasteiger partial charge in [-0.05, 0) is 74.1 Å². The predicted molar refractivity (Wildman–Crippen MR) is 140 cm³/mol. The molecule has 5 rings (SSSR count). The van der Waals surface area contributed by atoms with Crippen molar-refractivity contribution in [3.05, 3.63) is 77.6 Å². The van der Waals surface area contributed by atoms with Crippen molar-refractivity contribution in [1.82, 2.24) is 19.2 Å². The number of nitrogens with zero attached hydrogens (tertiary/aromatic N) is 4. The van der Waals surface area contributed by atoms with Crippen molar-refractivity contribution in [2.75, 3.05) is 33.2 Å². The second kappa shape index (κ2) is 8.69. The maximum Gasteiger partial charge on any atom is 0.310 e. The number of pyridine rings is 1. The second-order valence-electron chi connectivity index (χ2n) is 9.49. The summed E-state index contributed by atoms with van der Waals surface area (Å²) in [5, 5.41) is 0.613. The first kappa shape index (κ1) is 26.0. The van der Waals surface area contributed by atoms with Crippen LogP contribution < -0.4 is 0 Å². The molecule has 0 saturated carbocycles. The van der Waals surface area contributed by atoms with E-state index in [4.69, 9.17) is 16.6 Å². The van der Waals surface area contributed by atoms with Crippen LogP contribution in [0.15, 0.2) is 71.8 Å². The zero-order chi connectivity index (χ0) is 26.5. The van der Waals surface area contributed by atoms with E-state index < -0.39 is 15.1 Å². The molecule has 37 heavy (non-hydrogen) atoms. The summed E-state index contributed by atoms with van der Waals surface area (Å²) in [5.74, 6) is 0. The average Bonchev–Trinajstić information content (AvgIpc) is 3.05. The number of fused-ring (bicyclic) bond motifs is 1. The standard InChI is InChI=1S/C26H26ClF5N4S/c1-34-13-2-14-35(16-15-34)18-24-26(20-3-8-22(27)9-4-20)33-25-12-7-21(17-36(24)25)19-5-10-23(11-6-19)37(28,29,30,31)32/h3-12,17H,2,13-16,18H2,1H3. The summed E-state index contributed by atoms with van der Waals surface area (Å²) in [6.07, 6.45) is 2.84. The molecule has 11 heteroatoms. The fourth-order valence-corrected chi connectivity index (χ4v) is 5.40. The molecule has 198 valence electrons. The SMILES string of the molecule is CN1CCCN(Cc2c(-c3ccc(Cl)cc3)nc3ccc(-c4ccc(S(F)(F)(F)(F)F)cc4)cn23)CC1. The highest BCUT2D eigenvalue weighted by Crippen LogP contribution is 3.02. The molecule has 0 unspecified atom stereocenters. The van der Waals surface area contributed by atoms with Crippen LogP contribution in [-0.4, -0.2) is 52.4 Å². The molecule has 1 fully saturated rings. The summed E-state index contributed by atoms with van der Waals surface area (Å²) in [7, 11) is -7.63. The molecule has 1 aliphatic heterocycles. The lowest BCUT2D eigenvalue weighted by molar-refractivity contribution is 0.266. The molecule has 0 bridgehead atoms. The molecule has 0 atom stereocenters. The molecule has 0 N–H and O–H groups in total. The summed E-state index contributed by atoms with van der Waals surface area (Å²) < 4.78 is 67.8. The van der Waals surface area contributed by atoms with Gasteiger partial charge in [-0.25, -0.2) is 4.98 Å². The fourth-order valence-electron chi connectivity index (χ4n) is 4.63. The van der Waals surface area contributed by atoms with Crippen LogP contribution in [0.25, 0.3) is 28.0 Å². The largest absolute Gasteiger partial charge is 0.310 e. The molecule has 1 saturated heterocycles. The molecule has 4 nitrogen and oxygen atoms in total. The normalized spacial score (nSPS) is 17.9. The Balaban J connectivity index is 1.58. The summed E-state index contributed by atoms with van der Waals surface area (Å²) >= 11 is 6.10. The predicted octanol–water partition coefficient (Wildman–Crippen LogP) is 8.12. The van der Waals surface area contributed by atoms with E-state index in [1.807, 2.05) is 16.5 Å². The second-order valence-corrected chi connectivity index (χ2v) is 12.3. The van der Waals surface area contributed by atoms with Gasteiger partial charge < -0.3 is 9.30 Å². The summed E-state index contributed by atoms with van der Waals surface area (Å²) in [4.78, 5) is 7.61. The van der Waals surface area contributed by atoms with E-state index in [1.165, 1.54) is 0 Å². The average molecular weight is 557 g/mol. The van der Waals surface area contributed by atoms with Gasteiger partial charge in [0, 0.05) is 36.4 Å². The number of aromatic nitrogens is 2. The van der Waals surface area contributed by atoms with Crippen LogP contribution >= 0.6 is 21.8 Å². The van der Waals surface area contributed by atoms with E-state index >= 15 is 0 Å². The van der Waals surface area contributed by atoms with Gasteiger partial charge in [-0.1, -0.05) is 55.3 Å². The molecular formula is C26H26ClF5N4S. The Bertz CT molecular complexity index is 1440. The molecule has 2 aromatic carbocycles. The lowest BCUT2D eigenvalue weighted by atomic mass is 10.1. The third-order valence-corrected chi connectivity index (χ3v) is 8.07. The van der Waals surface area contributed by atoms with E-state index in [-0.39, 0.29) is 0 Å². The van der Waals surface area contributed by atoms with E-state index in [0.29, 0.717) is 40.5 Å². The lowest BCUT2D eigenvalue weighted by Crippen LogP contribution is -2.29. The van der Waals surface area contributed by atoms with Crippen molar-refractivity contribution < 1.29 is 19.4 Å². The minimum Gasteiger partial charge on any atom is -0.305 e. The zero-order valence-electron chi connectivity index (χ0n) is 20.1. The summed E-state index contributed by atoms with van der Waals surface area (Å²) in [5.41, 5.74) is 4.31. The van der Waals surface area contributed by atoms with E-state index in [2.05, 4.69) is 16.8 Å². The first-order chi connectivity index (χ1) is 17.3. The first-order valence-electron chi connectivity index (χ1n) is 11.8. The minimum absolute atomic E-state index is 0.400. The summed E-state index contributed by atoms with van der Waals surface area (Å²) in [6, 6.07) is 14.0. The van der Waals surface area contributed by atoms with Gasteiger partial charge >= 0.3 is 10.2 Å². The van der Waals surface area contributed by atoms with Crippen LogP contribution in [0.5, 0.6) is 0 Å². The van der Waals surface area contributed by atoms with E-state index in [1.54, 1.807) is 30.5 Å². The van der Waals surface area contributed by atoms with Crippen LogP contribution in [0.3, 0.4) is 0 Å². The molecule has 0 aliphatic carbocycles. The number of benzene rings is 2. The number of likely N-dealkylation sites (N-methyl/N-ethyl adjacent to an activating group) is 1. The quantitative estimate of drug-likeness (QED) is 0.232. The highest BCUT2D eigenvalue weighted by atomic mass is 35.5. The molecule has 4 aromatic rings. The van der Waals surface area contributed by atoms with Crippen LogP contribution in [0.1, 0.15) is 12.1 Å². The van der Waals surface area contributed by atoms with Crippen molar-refractivity contribution in [2.24, 2.45) is 0 Å². The number of hydrogen-bond donors (Lipinski definition) is 0. The highest BCUT2D eigenvalue weighted by Gasteiger charge is 2.65. The summed E-state index contributed by atoms with van der Waals surface area (Å²) in [6.45, 7) is 4.40. The molecule has 0 amide bonds. The van der Waals surface area contributed by atoms with Crippen LogP contribution in [0.4, 0.5) is 19.4 Å². The van der Waals surface area contributed by atoms with Gasteiger partial charge in [0.25, 0.3) is 0 Å². The Morgan fingerprint density at radius 1 is 0.784 bits per heavy atom. The van der Waals surface area contributed by atoms with E-state index in [9.17, 15) is 19.4 Å². The molecule has 3 heterocycles.